The molecule has 13 heteroatoms. The van der Waals surface area contributed by atoms with Crippen LogP contribution in [-0.2, 0) is 22.7 Å². The molecule has 0 saturated heterocycles. The van der Waals surface area contributed by atoms with E-state index in [-0.39, 0.29) is 31.1 Å². The lowest BCUT2D eigenvalue weighted by molar-refractivity contribution is -0.201. The van der Waals surface area contributed by atoms with Crippen LogP contribution in [0.4, 0.5) is 24.7 Å². The van der Waals surface area contributed by atoms with Gasteiger partial charge in [-0.3, -0.25) is 13.9 Å². The van der Waals surface area contributed by atoms with Crippen LogP contribution in [0.25, 0.3) is 0 Å². The summed E-state index contributed by atoms with van der Waals surface area (Å²) >= 11 is 5.94. The van der Waals surface area contributed by atoms with Crippen molar-refractivity contribution in [3.63, 3.8) is 0 Å². The fourth-order valence-corrected chi connectivity index (χ4v) is 2.97. The summed E-state index contributed by atoms with van der Waals surface area (Å²) in [6, 6.07) is 0. The van der Waals surface area contributed by atoms with E-state index in [2.05, 4.69) is 10.2 Å². The van der Waals surface area contributed by atoms with E-state index in [1.165, 1.54) is 0 Å². The largest absolute Gasteiger partial charge is 0.493 e. The number of halogens is 4. The smallest absolute Gasteiger partial charge is 0.343 e. The van der Waals surface area contributed by atoms with Crippen molar-refractivity contribution < 1.29 is 22.8 Å². The lowest BCUT2D eigenvalue weighted by Crippen LogP contribution is -2.43. The van der Waals surface area contributed by atoms with E-state index in [0.717, 1.165) is 22.0 Å². The summed E-state index contributed by atoms with van der Waals surface area (Å²) in [7, 11) is 0. The number of anilines is 2. The Morgan fingerprint density at radius 3 is 2.43 bits per heavy atom. The number of carbonyl (C=O) groups is 1. The Balaban J connectivity index is 2.56. The van der Waals surface area contributed by atoms with E-state index in [1.54, 1.807) is 0 Å². The van der Waals surface area contributed by atoms with Gasteiger partial charge in [-0.05, 0) is 19.4 Å². The average molecular weight is 428 g/mol. The van der Waals surface area contributed by atoms with E-state index in [4.69, 9.17) is 17.3 Å². The molecule has 0 spiro atoms. The van der Waals surface area contributed by atoms with Gasteiger partial charge in [0, 0.05) is 13.1 Å². The zero-order valence-corrected chi connectivity index (χ0v) is 15.8. The van der Waals surface area contributed by atoms with Gasteiger partial charge < -0.3 is 15.9 Å². The third kappa shape index (κ3) is 4.43. The molecule has 1 unspecified atom stereocenters. The third-order valence-electron chi connectivity index (χ3n) is 4.06. The van der Waals surface area contributed by atoms with Crippen LogP contribution in [0, 0.1) is 0 Å². The quantitative estimate of drug-likeness (QED) is 0.365. The normalized spacial score (nSPS) is 16.1. The first-order valence-corrected chi connectivity index (χ1v) is 9.13. The molecule has 3 N–H and O–H groups in total. The molecular weight excluding hydrogens is 407 g/mol. The highest BCUT2D eigenvalue weighted by Crippen LogP contribution is 2.34. The first kappa shape index (κ1) is 22.1. The topological polar surface area (TPSA) is 112 Å². The van der Waals surface area contributed by atoms with Crippen molar-refractivity contribution >= 4 is 29.1 Å². The summed E-state index contributed by atoms with van der Waals surface area (Å²) in [5.41, 5.74) is 2.20. The molecule has 1 aromatic heterocycles. The SMILES string of the molecule is CCCCCn1c2c(c(=O)n(CCCN)c1=O)NC(Cl)N2OC(=O)C(F)(F)F. The van der Waals surface area contributed by atoms with Crippen molar-refractivity contribution in [2.75, 3.05) is 16.9 Å². The number of alkyl halides is 4. The highest BCUT2D eigenvalue weighted by Gasteiger charge is 2.46. The Morgan fingerprint density at radius 2 is 1.86 bits per heavy atom. The number of rotatable bonds is 8. The predicted octanol–water partition coefficient (Wildman–Crippen LogP) is 1.32. The van der Waals surface area contributed by atoms with Crippen LogP contribution in [0.3, 0.4) is 0 Å². The summed E-state index contributed by atoms with van der Waals surface area (Å²) < 4.78 is 39.8. The lowest BCUT2D eigenvalue weighted by atomic mass is 10.2. The molecule has 0 aliphatic carbocycles. The minimum atomic E-state index is -5.27. The van der Waals surface area contributed by atoms with Gasteiger partial charge in [0.25, 0.3) is 5.56 Å². The molecule has 1 aromatic rings. The molecule has 28 heavy (non-hydrogen) atoms. The van der Waals surface area contributed by atoms with Crippen molar-refractivity contribution in [3.05, 3.63) is 20.8 Å². The Labute approximate surface area is 162 Å². The van der Waals surface area contributed by atoms with E-state index in [1.807, 2.05) is 6.92 Å². The van der Waals surface area contributed by atoms with E-state index in [9.17, 15) is 27.6 Å². The van der Waals surface area contributed by atoms with Crippen molar-refractivity contribution in [1.29, 1.82) is 0 Å². The first-order chi connectivity index (χ1) is 13.1. The van der Waals surface area contributed by atoms with Crippen molar-refractivity contribution in [2.24, 2.45) is 5.73 Å². The number of nitrogens with two attached hydrogens (primary N) is 1. The summed E-state index contributed by atoms with van der Waals surface area (Å²) in [4.78, 5) is 41.1. The van der Waals surface area contributed by atoms with E-state index in [0.29, 0.717) is 17.9 Å². The Morgan fingerprint density at radius 1 is 1.21 bits per heavy atom. The van der Waals surface area contributed by atoms with Crippen LogP contribution in [0.1, 0.15) is 32.6 Å². The van der Waals surface area contributed by atoms with E-state index >= 15 is 0 Å². The second-order valence-electron chi connectivity index (χ2n) is 6.12. The van der Waals surface area contributed by atoms with Crippen LogP contribution >= 0.6 is 11.6 Å². The van der Waals surface area contributed by atoms with Gasteiger partial charge in [-0.25, -0.2) is 9.59 Å². The Hall–Kier alpha value is -2.21. The number of fused-ring (bicyclic) bond motifs is 1. The van der Waals surface area contributed by atoms with E-state index < -0.39 is 29.0 Å². The predicted molar refractivity (Wildman–Crippen MR) is 96.0 cm³/mol. The van der Waals surface area contributed by atoms with Gasteiger partial charge in [0.2, 0.25) is 5.62 Å². The minimum absolute atomic E-state index is 0.0339. The fourth-order valence-electron chi connectivity index (χ4n) is 2.73. The van der Waals surface area contributed by atoms with Gasteiger partial charge in [0.05, 0.1) is 0 Å². The molecule has 1 atom stereocenters. The molecule has 0 fully saturated rings. The van der Waals surface area contributed by atoms with Gasteiger partial charge >= 0.3 is 17.8 Å². The van der Waals surface area contributed by atoms with Crippen LogP contribution in [0.2, 0.25) is 0 Å². The third-order valence-corrected chi connectivity index (χ3v) is 4.35. The molecule has 0 saturated carbocycles. The number of nitrogens with zero attached hydrogens (tertiary/aromatic N) is 3. The summed E-state index contributed by atoms with van der Waals surface area (Å²) in [6.07, 6.45) is -2.84. The van der Waals surface area contributed by atoms with Gasteiger partial charge in [0.15, 0.2) is 5.82 Å². The van der Waals surface area contributed by atoms with Crippen LogP contribution in [0.5, 0.6) is 0 Å². The molecular formula is C15H21ClF3N5O4. The maximum Gasteiger partial charge on any atom is 0.493 e. The fraction of sp³-hybridized carbons (Fsp3) is 0.667. The molecule has 0 amide bonds. The number of hydrogen-bond donors (Lipinski definition) is 2. The summed E-state index contributed by atoms with van der Waals surface area (Å²) in [5.74, 6) is -2.83. The van der Waals surface area contributed by atoms with Gasteiger partial charge in [0.1, 0.15) is 5.69 Å². The lowest BCUT2D eigenvalue weighted by Gasteiger charge is -2.23. The molecule has 0 bridgehead atoms. The highest BCUT2D eigenvalue weighted by molar-refractivity contribution is 6.23. The van der Waals surface area contributed by atoms with Gasteiger partial charge in [-0.15, -0.1) is 5.06 Å². The molecule has 1 aliphatic heterocycles. The molecule has 2 heterocycles. The second-order valence-corrected chi connectivity index (χ2v) is 6.53. The Kier molecular flexibility index (Phi) is 6.99. The highest BCUT2D eigenvalue weighted by atomic mass is 35.5. The molecule has 0 aromatic carbocycles. The maximum absolute atomic E-state index is 12.8. The molecule has 9 nitrogen and oxygen atoms in total. The number of carbonyl (C=O) groups excluding carboxylic acids is 1. The Bertz CT molecular complexity index is 839. The monoisotopic (exact) mass is 427 g/mol. The minimum Gasteiger partial charge on any atom is -0.343 e. The number of unbranched alkanes of at least 4 members (excludes halogenated alkanes) is 2. The number of hydroxylamine groups is 1. The summed E-state index contributed by atoms with van der Waals surface area (Å²) in [5, 5.41) is 2.87. The zero-order chi connectivity index (χ0) is 21.1. The second kappa shape index (κ2) is 8.86. The van der Waals surface area contributed by atoms with Crippen molar-refractivity contribution in [3.8, 4) is 0 Å². The molecule has 1 aliphatic rings. The van der Waals surface area contributed by atoms with Crippen molar-refractivity contribution in [1.82, 2.24) is 9.13 Å². The van der Waals surface area contributed by atoms with Gasteiger partial charge in [-0.2, -0.15) is 13.2 Å². The van der Waals surface area contributed by atoms with Crippen LogP contribution in [0.15, 0.2) is 9.59 Å². The average Bonchev–Trinajstić information content (AvgIpc) is 2.94. The number of aromatic nitrogens is 2. The summed E-state index contributed by atoms with van der Waals surface area (Å²) in [6.45, 7) is 2.30. The molecule has 158 valence electrons. The first-order valence-electron chi connectivity index (χ1n) is 8.70. The van der Waals surface area contributed by atoms with Crippen molar-refractivity contribution in [2.45, 2.75) is 57.5 Å². The van der Waals surface area contributed by atoms with Crippen LogP contribution in [-0.4, -0.2) is 33.4 Å². The van der Waals surface area contributed by atoms with Crippen LogP contribution < -0.4 is 27.4 Å². The maximum atomic E-state index is 12.8. The number of nitrogens with one attached hydrogen (secondary N) is 1. The van der Waals surface area contributed by atoms with Gasteiger partial charge in [-0.1, -0.05) is 31.4 Å². The molecule has 2 rings (SSSR count). The number of hydrogen-bond acceptors (Lipinski definition) is 7. The molecule has 0 radical (unpaired) electrons. The zero-order valence-electron chi connectivity index (χ0n) is 15.1. The standard InChI is InChI=1S/C15H21ClF3N5O4/c1-2-3-4-7-22-10-9(11(25)23(14(22)27)8-5-6-20)21-13(16)24(10)28-12(26)15(17,18)19/h13,21H,2-8,20H2,1H3.